The highest BCUT2D eigenvalue weighted by Crippen LogP contribution is 2.64. The average Bonchev–Trinajstić information content (AvgIpc) is 2.92. The van der Waals surface area contributed by atoms with Gasteiger partial charge >= 0.3 is 0 Å². The van der Waals surface area contributed by atoms with Crippen LogP contribution in [0.25, 0.3) is 0 Å². The number of rotatable bonds is 3. The number of allylic oxidation sites excluding steroid dienone is 4. The predicted octanol–water partition coefficient (Wildman–Crippen LogP) is 7.31. The zero-order valence-corrected chi connectivity index (χ0v) is 16.5. The lowest BCUT2D eigenvalue weighted by atomic mass is 9.52. The van der Waals surface area contributed by atoms with Gasteiger partial charge in [0.2, 0.25) is 0 Å². The first-order chi connectivity index (χ1) is 11.5. The topological polar surface area (TPSA) is 0 Å². The fraction of sp³-hybridized carbons (Fsp3) is 0.833. The van der Waals surface area contributed by atoms with Crippen molar-refractivity contribution in [2.75, 3.05) is 0 Å². The maximum Gasteiger partial charge on any atom is -0.00445 e. The van der Waals surface area contributed by atoms with Gasteiger partial charge in [0, 0.05) is 0 Å². The van der Waals surface area contributed by atoms with E-state index in [0.717, 1.165) is 23.7 Å². The second-order valence-electron chi connectivity index (χ2n) is 10.1. The summed E-state index contributed by atoms with van der Waals surface area (Å²) in [6, 6.07) is 0. The molecule has 24 heavy (non-hydrogen) atoms. The van der Waals surface area contributed by atoms with Gasteiger partial charge in [-0.15, -0.1) is 0 Å². The van der Waals surface area contributed by atoms with Gasteiger partial charge < -0.3 is 0 Å². The Labute approximate surface area is 150 Å². The van der Waals surface area contributed by atoms with Gasteiger partial charge in [-0.25, -0.2) is 0 Å². The molecule has 0 radical (unpaired) electrons. The van der Waals surface area contributed by atoms with Gasteiger partial charge in [-0.2, -0.15) is 0 Å². The van der Waals surface area contributed by atoms with Crippen molar-refractivity contribution in [2.45, 2.75) is 91.9 Å². The lowest BCUT2D eigenvalue weighted by Crippen LogP contribution is -2.42. The fourth-order valence-electron chi connectivity index (χ4n) is 7.51. The van der Waals surface area contributed by atoms with E-state index in [1.165, 1.54) is 64.2 Å². The van der Waals surface area contributed by atoms with Crippen LogP contribution in [0, 0.1) is 34.5 Å². The fourth-order valence-corrected chi connectivity index (χ4v) is 7.51. The first kappa shape index (κ1) is 16.9. The Morgan fingerprint density at radius 3 is 2.75 bits per heavy atom. The zero-order valence-electron chi connectivity index (χ0n) is 16.5. The van der Waals surface area contributed by atoms with E-state index in [2.05, 4.69) is 39.8 Å². The molecule has 0 aliphatic heterocycles. The first-order valence-corrected chi connectivity index (χ1v) is 10.9. The van der Waals surface area contributed by atoms with E-state index >= 15 is 0 Å². The molecule has 1 unspecified atom stereocenters. The lowest BCUT2D eigenvalue weighted by Gasteiger charge is -2.53. The van der Waals surface area contributed by atoms with Crippen molar-refractivity contribution in [3.05, 3.63) is 23.3 Å². The van der Waals surface area contributed by atoms with Crippen LogP contribution in [0.5, 0.6) is 0 Å². The van der Waals surface area contributed by atoms with Gasteiger partial charge in [0.05, 0.1) is 0 Å². The molecule has 4 aliphatic carbocycles. The molecule has 0 heterocycles. The molecule has 0 nitrogen and oxygen atoms in total. The summed E-state index contributed by atoms with van der Waals surface area (Å²) in [4.78, 5) is 0. The van der Waals surface area contributed by atoms with E-state index < -0.39 is 0 Å². The maximum absolute atomic E-state index is 2.73. The van der Waals surface area contributed by atoms with Gasteiger partial charge in [0.15, 0.2) is 0 Å². The molecule has 4 rings (SSSR count). The number of hydrogen-bond donors (Lipinski definition) is 0. The van der Waals surface area contributed by atoms with Crippen LogP contribution in [-0.4, -0.2) is 0 Å². The molecule has 134 valence electrons. The molecule has 4 aliphatic rings. The van der Waals surface area contributed by atoms with Gasteiger partial charge in [-0.1, -0.05) is 65.5 Å². The molecule has 6 atom stereocenters. The summed E-state index contributed by atoms with van der Waals surface area (Å²) in [5.41, 5.74) is 4.68. The van der Waals surface area contributed by atoms with Crippen LogP contribution in [0.1, 0.15) is 91.9 Å². The standard InChI is InChI=1S/C24H38/c1-5-8-17(2)20-12-13-21-19-11-10-18-9-6-7-15-23(18,3)22(19)14-16-24(20,21)4/h11,14,17-18,20-21H,5-10,12-13,15-16H2,1-4H3/t17-,18?,20-,21+,23+,24-/m1/s1. The van der Waals surface area contributed by atoms with Crippen LogP contribution in [0.3, 0.4) is 0 Å². The highest BCUT2D eigenvalue weighted by molar-refractivity contribution is 5.46. The predicted molar refractivity (Wildman–Crippen MR) is 104 cm³/mol. The zero-order chi connectivity index (χ0) is 16.9. The van der Waals surface area contributed by atoms with Crippen LogP contribution in [0.2, 0.25) is 0 Å². The number of hydrogen-bond acceptors (Lipinski definition) is 0. The monoisotopic (exact) mass is 326 g/mol. The Bertz CT molecular complexity index is 552. The number of fused-ring (bicyclic) bond motifs is 5. The molecule has 2 fully saturated rings. The highest BCUT2D eigenvalue weighted by Gasteiger charge is 2.54. The molecule has 0 amide bonds. The Morgan fingerprint density at radius 1 is 1.12 bits per heavy atom. The molecule has 0 aromatic carbocycles. The highest BCUT2D eigenvalue weighted by atomic mass is 14.6. The van der Waals surface area contributed by atoms with Crippen molar-refractivity contribution >= 4 is 0 Å². The third-order valence-electron chi connectivity index (χ3n) is 8.91. The van der Waals surface area contributed by atoms with Crippen molar-refractivity contribution in [3.8, 4) is 0 Å². The van der Waals surface area contributed by atoms with Crippen molar-refractivity contribution in [1.82, 2.24) is 0 Å². The molecular weight excluding hydrogens is 288 g/mol. The molecular formula is C24H38. The summed E-state index contributed by atoms with van der Waals surface area (Å²) in [6.07, 6.45) is 19.7. The van der Waals surface area contributed by atoms with Crippen LogP contribution in [0.4, 0.5) is 0 Å². The van der Waals surface area contributed by atoms with E-state index in [9.17, 15) is 0 Å². The van der Waals surface area contributed by atoms with Crippen molar-refractivity contribution < 1.29 is 0 Å². The minimum Gasteiger partial charge on any atom is -0.0804 e. The summed E-state index contributed by atoms with van der Waals surface area (Å²) < 4.78 is 0. The summed E-state index contributed by atoms with van der Waals surface area (Å²) in [5, 5.41) is 0. The first-order valence-electron chi connectivity index (χ1n) is 10.9. The summed E-state index contributed by atoms with van der Waals surface area (Å²) in [7, 11) is 0. The van der Waals surface area contributed by atoms with E-state index in [1.54, 1.807) is 0 Å². The van der Waals surface area contributed by atoms with Gasteiger partial charge in [-0.3, -0.25) is 0 Å². The summed E-state index contributed by atoms with van der Waals surface area (Å²) in [5.74, 6) is 3.64. The van der Waals surface area contributed by atoms with Gasteiger partial charge in [0.1, 0.15) is 0 Å². The van der Waals surface area contributed by atoms with Crippen molar-refractivity contribution in [1.29, 1.82) is 0 Å². The molecule has 0 N–H and O–H groups in total. The average molecular weight is 327 g/mol. The second-order valence-corrected chi connectivity index (χ2v) is 10.1. The van der Waals surface area contributed by atoms with E-state index in [4.69, 9.17) is 0 Å². The minimum atomic E-state index is 0.511. The van der Waals surface area contributed by atoms with Gasteiger partial charge in [0.25, 0.3) is 0 Å². The molecule has 2 saturated carbocycles. The van der Waals surface area contributed by atoms with Crippen molar-refractivity contribution in [2.24, 2.45) is 34.5 Å². The molecule has 0 saturated heterocycles. The Hall–Kier alpha value is -0.520. The van der Waals surface area contributed by atoms with Crippen molar-refractivity contribution in [3.63, 3.8) is 0 Å². The maximum atomic E-state index is 2.73. The smallest absolute Gasteiger partial charge is 0.00445 e. The van der Waals surface area contributed by atoms with Crippen LogP contribution >= 0.6 is 0 Å². The Kier molecular flexibility index (Phi) is 4.25. The van der Waals surface area contributed by atoms with Crippen LogP contribution in [-0.2, 0) is 0 Å². The molecule has 0 spiro atoms. The second kappa shape index (κ2) is 6.03. The van der Waals surface area contributed by atoms with Gasteiger partial charge in [-0.05, 0) is 84.2 Å². The molecule has 0 heteroatoms. The summed E-state index contributed by atoms with van der Waals surface area (Å²) >= 11 is 0. The summed E-state index contributed by atoms with van der Waals surface area (Å²) in [6.45, 7) is 10.2. The molecule has 0 aromatic rings. The normalized spacial score (nSPS) is 45.6. The van der Waals surface area contributed by atoms with E-state index in [1.807, 2.05) is 11.1 Å². The SMILES string of the molecule is CCC[C@@H](C)[C@H]1CC[C@H]2C3=CCC4CCCC[C@]4(C)C3=CC[C@]12C. The minimum absolute atomic E-state index is 0.511. The van der Waals surface area contributed by atoms with E-state index in [-0.39, 0.29) is 0 Å². The Morgan fingerprint density at radius 2 is 1.96 bits per heavy atom. The third kappa shape index (κ3) is 2.31. The molecule has 0 bridgehead atoms. The van der Waals surface area contributed by atoms with Crippen LogP contribution in [0.15, 0.2) is 23.3 Å². The largest absolute Gasteiger partial charge is 0.0804 e. The molecule has 0 aromatic heterocycles. The van der Waals surface area contributed by atoms with Crippen LogP contribution < -0.4 is 0 Å². The Balaban J connectivity index is 1.67. The lowest BCUT2D eigenvalue weighted by molar-refractivity contribution is 0.102. The van der Waals surface area contributed by atoms with E-state index in [0.29, 0.717) is 10.8 Å². The third-order valence-corrected chi connectivity index (χ3v) is 8.91. The quantitative estimate of drug-likeness (QED) is 0.510.